The lowest BCUT2D eigenvalue weighted by molar-refractivity contribution is 0.296. The minimum Gasteiger partial charge on any atom is -0.239 e. The third-order valence-electron chi connectivity index (χ3n) is 1.29. The summed E-state index contributed by atoms with van der Waals surface area (Å²) in [7, 11) is 0. The zero-order valence-corrected chi connectivity index (χ0v) is 7.13. The number of halogens is 1. The van der Waals surface area contributed by atoms with Crippen LogP contribution in [-0.2, 0) is 6.54 Å². The fourth-order valence-electron chi connectivity index (χ4n) is 0.882. The van der Waals surface area contributed by atoms with Gasteiger partial charge in [-0.1, -0.05) is 20.8 Å². The molecule has 11 heavy (non-hydrogen) atoms. The highest BCUT2D eigenvalue weighted by Crippen LogP contribution is 2.16. The third-order valence-corrected chi connectivity index (χ3v) is 1.29. The SMILES string of the molecule is CC(C)(C)Cn1nccc1F. The minimum absolute atomic E-state index is 0.0762. The maximum Gasteiger partial charge on any atom is 0.211 e. The van der Waals surface area contributed by atoms with Gasteiger partial charge in [0.15, 0.2) is 0 Å². The van der Waals surface area contributed by atoms with E-state index >= 15 is 0 Å². The van der Waals surface area contributed by atoms with Crippen LogP contribution in [0.5, 0.6) is 0 Å². The van der Waals surface area contributed by atoms with E-state index in [9.17, 15) is 4.39 Å². The molecule has 0 spiro atoms. The van der Waals surface area contributed by atoms with Crippen molar-refractivity contribution in [1.29, 1.82) is 0 Å². The number of hydrogen-bond acceptors (Lipinski definition) is 1. The van der Waals surface area contributed by atoms with Gasteiger partial charge in [-0.15, -0.1) is 0 Å². The maximum atomic E-state index is 12.8. The first-order chi connectivity index (χ1) is 4.99. The lowest BCUT2D eigenvalue weighted by atomic mass is 9.97. The van der Waals surface area contributed by atoms with Crippen LogP contribution >= 0.6 is 0 Å². The molecule has 62 valence electrons. The second kappa shape index (κ2) is 2.64. The highest BCUT2D eigenvalue weighted by molar-refractivity contribution is 4.83. The molecule has 3 heteroatoms. The molecule has 1 rings (SSSR count). The standard InChI is InChI=1S/C8H13FN2/c1-8(2,3)6-11-7(9)4-5-10-11/h4-5H,6H2,1-3H3. The van der Waals surface area contributed by atoms with Gasteiger partial charge in [-0.05, 0) is 5.41 Å². The second-order valence-electron chi connectivity index (χ2n) is 3.87. The molecule has 1 heterocycles. The van der Waals surface area contributed by atoms with Gasteiger partial charge < -0.3 is 0 Å². The van der Waals surface area contributed by atoms with Crippen molar-refractivity contribution < 1.29 is 4.39 Å². The van der Waals surface area contributed by atoms with Crippen molar-refractivity contribution in [2.24, 2.45) is 5.41 Å². The van der Waals surface area contributed by atoms with E-state index in [-0.39, 0.29) is 11.4 Å². The smallest absolute Gasteiger partial charge is 0.211 e. The van der Waals surface area contributed by atoms with E-state index in [2.05, 4.69) is 5.10 Å². The van der Waals surface area contributed by atoms with Crippen LogP contribution in [0.2, 0.25) is 0 Å². The van der Waals surface area contributed by atoms with Crippen LogP contribution in [-0.4, -0.2) is 9.78 Å². The van der Waals surface area contributed by atoms with E-state index in [1.54, 1.807) is 0 Å². The molecule has 0 amide bonds. The molecule has 0 radical (unpaired) electrons. The Morgan fingerprint density at radius 2 is 2.18 bits per heavy atom. The molecule has 0 aliphatic carbocycles. The summed E-state index contributed by atoms with van der Waals surface area (Å²) in [6.45, 7) is 6.77. The lowest BCUT2D eigenvalue weighted by Gasteiger charge is -2.17. The molecule has 0 aliphatic heterocycles. The molecule has 1 aromatic rings. The third kappa shape index (κ3) is 2.33. The molecule has 2 nitrogen and oxygen atoms in total. The van der Waals surface area contributed by atoms with Gasteiger partial charge in [-0.3, -0.25) is 0 Å². The molecule has 0 N–H and O–H groups in total. The van der Waals surface area contributed by atoms with Gasteiger partial charge in [0.05, 0.1) is 6.20 Å². The normalized spacial score (nSPS) is 12.0. The van der Waals surface area contributed by atoms with Gasteiger partial charge in [-0.2, -0.15) is 9.49 Å². The van der Waals surface area contributed by atoms with E-state index in [4.69, 9.17) is 0 Å². The molecule has 0 atom stereocenters. The van der Waals surface area contributed by atoms with Crippen molar-refractivity contribution in [2.45, 2.75) is 27.3 Å². The summed E-state index contributed by atoms with van der Waals surface area (Å²) >= 11 is 0. The Labute approximate surface area is 66.0 Å². The lowest BCUT2D eigenvalue weighted by Crippen LogP contribution is -2.17. The van der Waals surface area contributed by atoms with Gasteiger partial charge in [0.2, 0.25) is 5.95 Å². The number of hydrogen-bond donors (Lipinski definition) is 0. The molecule has 0 saturated carbocycles. The van der Waals surface area contributed by atoms with Gasteiger partial charge in [0.1, 0.15) is 0 Å². The molecular weight excluding hydrogens is 143 g/mol. The number of rotatable bonds is 1. The first-order valence-electron chi connectivity index (χ1n) is 3.66. The Balaban J connectivity index is 2.72. The molecule has 0 aromatic carbocycles. The largest absolute Gasteiger partial charge is 0.239 e. The summed E-state index contributed by atoms with van der Waals surface area (Å²) in [5.41, 5.74) is 0.0762. The minimum atomic E-state index is -0.264. The van der Waals surface area contributed by atoms with Gasteiger partial charge in [0, 0.05) is 12.6 Å². The van der Waals surface area contributed by atoms with Crippen LogP contribution in [0.4, 0.5) is 4.39 Å². The van der Waals surface area contributed by atoms with E-state index in [0.29, 0.717) is 6.54 Å². The zero-order chi connectivity index (χ0) is 8.48. The van der Waals surface area contributed by atoms with E-state index in [1.165, 1.54) is 16.9 Å². The Bertz CT molecular complexity index is 234. The number of aromatic nitrogens is 2. The quantitative estimate of drug-likeness (QED) is 0.608. The van der Waals surface area contributed by atoms with Crippen molar-refractivity contribution >= 4 is 0 Å². The van der Waals surface area contributed by atoms with Crippen LogP contribution in [0.1, 0.15) is 20.8 Å². The van der Waals surface area contributed by atoms with Crippen LogP contribution in [0.25, 0.3) is 0 Å². The van der Waals surface area contributed by atoms with Crippen molar-refractivity contribution in [3.05, 3.63) is 18.2 Å². The zero-order valence-electron chi connectivity index (χ0n) is 7.13. The van der Waals surface area contributed by atoms with Gasteiger partial charge in [-0.25, -0.2) is 4.68 Å². The maximum absolute atomic E-state index is 12.8. The van der Waals surface area contributed by atoms with Crippen molar-refractivity contribution in [2.75, 3.05) is 0 Å². The molecule has 0 saturated heterocycles. The van der Waals surface area contributed by atoms with Crippen LogP contribution in [0, 0.1) is 11.4 Å². The molecular formula is C8H13FN2. The summed E-state index contributed by atoms with van der Waals surface area (Å²) in [4.78, 5) is 0. The molecule has 0 unspecified atom stereocenters. The van der Waals surface area contributed by atoms with Crippen LogP contribution in [0.15, 0.2) is 12.3 Å². The Hall–Kier alpha value is -0.860. The first-order valence-corrected chi connectivity index (χ1v) is 3.66. The van der Waals surface area contributed by atoms with E-state index in [0.717, 1.165) is 0 Å². The monoisotopic (exact) mass is 156 g/mol. The summed E-state index contributed by atoms with van der Waals surface area (Å²) in [5.74, 6) is -0.264. The fraction of sp³-hybridized carbons (Fsp3) is 0.625. The predicted octanol–water partition coefficient (Wildman–Crippen LogP) is 2.07. The fourth-order valence-corrected chi connectivity index (χ4v) is 0.882. The Morgan fingerprint density at radius 1 is 1.55 bits per heavy atom. The molecule has 0 aliphatic rings. The molecule has 0 bridgehead atoms. The average Bonchev–Trinajstić information content (AvgIpc) is 2.12. The molecule has 1 aromatic heterocycles. The van der Waals surface area contributed by atoms with E-state index < -0.39 is 0 Å². The summed E-state index contributed by atoms with van der Waals surface area (Å²) in [5, 5.41) is 3.84. The summed E-state index contributed by atoms with van der Waals surface area (Å²) in [6.07, 6.45) is 1.47. The topological polar surface area (TPSA) is 17.8 Å². The summed E-state index contributed by atoms with van der Waals surface area (Å²) in [6, 6.07) is 1.37. The Morgan fingerprint density at radius 3 is 2.55 bits per heavy atom. The van der Waals surface area contributed by atoms with Crippen molar-refractivity contribution in [3.8, 4) is 0 Å². The van der Waals surface area contributed by atoms with Crippen molar-refractivity contribution in [3.63, 3.8) is 0 Å². The van der Waals surface area contributed by atoms with E-state index in [1.807, 2.05) is 20.8 Å². The van der Waals surface area contributed by atoms with Crippen LogP contribution in [0.3, 0.4) is 0 Å². The average molecular weight is 156 g/mol. The second-order valence-corrected chi connectivity index (χ2v) is 3.87. The van der Waals surface area contributed by atoms with Crippen molar-refractivity contribution in [1.82, 2.24) is 9.78 Å². The predicted molar refractivity (Wildman–Crippen MR) is 41.6 cm³/mol. The molecule has 0 fully saturated rings. The van der Waals surface area contributed by atoms with Gasteiger partial charge >= 0.3 is 0 Å². The number of nitrogens with zero attached hydrogens (tertiary/aromatic N) is 2. The Kier molecular flexibility index (Phi) is 1.98. The highest BCUT2D eigenvalue weighted by Gasteiger charge is 2.13. The highest BCUT2D eigenvalue weighted by atomic mass is 19.1. The first kappa shape index (κ1) is 8.24. The van der Waals surface area contributed by atoms with Gasteiger partial charge in [0.25, 0.3) is 0 Å². The summed E-state index contributed by atoms with van der Waals surface area (Å²) < 4.78 is 14.2. The van der Waals surface area contributed by atoms with Crippen LogP contribution < -0.4 is 0 Å².